The number of esters is 1. The molecule has 0 N–H and O–H groups in total. The van der Waals surface area contributed by atoms with Gasteiger partial charge in [-0.15, -0.1) is 0 Å². The Balaban J connectivity index is 1.64. The van der Waals surface area contributed by atoms with Crippen LogP contribution in [-0.4, -0.2) is 11.6 Å². The molecule has 4 rings (SSSR count). The minimum absolute atomic E-state index is 0.0262. The number of para-hydroxylation sites is 1. The SMILES string of the molecule is CCC(C)(Oc1cc(C(=O)Oc2ccccc2)ccc1C(F)(F)F)C1CC2CCC1C2. The molecule has 2 fully saturated rings. The second-order valence-corrected chi connectivity index (χ2v) is 8.96. The fourth-order valence-electron chi connectivity index (χ4n) is 5.28. The van der Waals surface area contributed by atoms with Crippen molar-refractivity contribution in [1.82, 2.24) is 0 Å². The van der Waals surface area contributed by atoms with Crippen LogP contribution in [0, 0.1) is 17.8 Å². The van der Waals surface area contributed by atoms with Crippen molar-refractivity contribution in [2.24, 2.45) is 17.8 Å². The quantitative estimate of drug-likeness (QED) is 0.368. The lowest BCUT2D eigenvalue weighted by Gasteiger charge is -2.40. The van der Waals surface area contributed by atoms with Crippen LogP contribution in [0.15, 0.2) is 48.5 Å². The summed E-state index contributed by atoms with van der Waals surface area (Å²) >= 11 is 0. The first-order valence-corrected chi connectivity index (χ1v) is 10.9. The molecule has 0 aromatic heterocycles. The fraction of sp³-hybridized carbons (Fsp3) is 0.480. The number of ether oxygens (including phenoxy) is 2. The van der Waals surface area contributed by atoms with E-state index in [1.165, 1.54) is 12.5 Å². The predicted molar refractivity (Wildman–Crippen MR) is 111 cm³/mol. The summed E-state index contributed by atoms with van der Waals surface area (Å²) in [5.41, 5.74) is -1.56. The molecule has 31 heavy (non-hydrogen) atoms. The van der Waals surface area contributed by atoms with Crippen molar-refractivity contribution in [3.05, 3.63) is 59.7 Å². The summed E-state index contributed by atoms with van der Waals surface area (Å²) in [6, 6.07) is 11.7. The van der Waals surface area contributed by atoms with Crippen molar-refractivity contribution in [2.45, 2.75) is 57.7 Å². The van der Waals surface area contributed by atoms with E-state index in [2.05, 4.69) is 0 Å². The number of carbonyl (C=O) groups excluding carboxylic acids is 1. The number of rotatable bonds is 6. The lowest BCUT2D eigenvalue weighted by atomic mass is 9.75. The summed E-state index contributed by atoms with van der Waals surface area (Å²) in [6.07, 6.45) is 0.460. The van der Waals surface area contributed by atoms with Crippen molar-refractivity contribution in [2.75, 3.05) is 0 Å². The van der Waals surface area contributed by atoms with Gasteiger partial charge in [0.2, 0.25) is 0 Å². The summed E-state index contributed by atoms with van der Waals surface area (Å²) in [5.74, 6) is 0.673. The molecule has 3 nitrogen and oxygen atoms in total. The zero-order chi connectivity index (χ0) is 22.2. The zero-order valence-electron chi connectivity index (χ0n) is 17.7. The lowest BCUT2D eigenvalue weighted by Crippen LogP contribution is -2.43. The van der Waals surface area contributed by atoms with Gasteiger partial charge in [0.15, 0.2) is 0 Å². The third-order valence-corrected chi connectivity index (χ3v) is 7.04. The van der Waals surface area contributed by atoms with Gasteiger partial charge in [-0.05, 0) is 74.8 Å². The number of carbonyl (C=O) groups is 1. The highest BCUT2D eigenvalue weighted by atomic mass is 19.4. The van der Waals surface area contributed by atoms with Crippen LogP contribution in [0.5, 0.6) is 11.5 Å². The molecule has 0 heterocycles. The van der Waals surface area contributed by atoms with Crippen molar-refractivity contribution in [3.8, 4) is 11.5 Å². The van der Waals surface area contributed by atoms with Gasteiger partial charge in [0, 0.05) is 5.92 Å². The zero-order valence-corrected chi connectivity index (χ0v) is 17.7. The van der Waals surface area contributed by atoms with Gasteiger partial charge in [0.05, 0.1) is 11.1 Å². The maximum atomic E-state index is 13.7. The molecule has 0 aliphatic heterocycles. The normalized spacial score (nSPS) is 24.6. The number of benzene rings is 2. The summed E-state index contributed by atoms with van der Waals surface area (Å²) in [4.78, 5) is 12.6. The highest BCUT2D eigenvalue weighted by molar-refractivity contribution is 5.91. The molecule has 6 heteroatoms. The Bertz CT molecular complexity index is 941. The van der Waals surface area contributed by atoms with E-state index in [-0.39, 0.29) is 17.2 Å². The maximum Gasteiger partial charge on any atom is 0.419 e. The maximum absolute atomic E-state index is 13.7. The molecule has 0 saturated heterocycles. The van der Waals surface area contributed by atoms with Gasteiger partial charge in [-0.3, -0.25) is 0 Å². The monoisotopic (exact) mass is 432 g/mol. The minimum Gasteiger partial charge on any atom is -0.487 e. The Morgan fingerprint density at radius 2 is 1.81 bits per heavy atom. The first-order chi connectivity index (χ1) is 14.7. The molecule has 0 spiro atoms. The number of alkyl halides is 3. The third kappa shape index (κ3) is 4.43. The van der Waals surface area contributed by atoms with Crippen LogP contribution in [0.25, 0.3) is 0 Å². The molecular weight excluding hydrogens is 405 g/mol. The van der Waals surface area contributed by atoms with E-state index in [1.54, 1.807) is 30.3 Å². The molecule has 2 saturated carbocycles. The topological polar surface area (TPSA) is 35.5 Å². The van der Waals surface area contributed by atoms with E-state index in [0.29, 0.717) is 24.0 Å². The molecule has 4 unspecified atom stereocenters. The van der Waals surface area contributed by atoms with E-state index >= 15 is 0 Å². The highest BCUT2D eigenvalue weighted by Gasteiger charge is 2.49. The summed E-state index contributed by atoms with van der Waals surface area (Å²) < 4.78 is 52.7. The third-order valence-electron chi connectivity index (χ3n) is 7.04. The van der Waals surface area contributed by atoms with Crippen LogP contribution in [0.4, 0.5) is 13.2 Å². The molecule has 0 amide bonds. The first-order valence-electron chi connectivity index (χ1n) is 10.9. The minimum atomic E-state index is -4.58. The van der Waals surface area contributed by atoms with Gasteiger partial charge < -0.3 is 9.47 Å². The number of halogens is 3. The smallest absolute Gasteiger partial charge is 0.419 e. The second-order valence-electron chi connectivity index (χ2n) is 8.96. The number of hydrogen-bond donors (Lipinski definition) is 0. The van der Waals surface area contributed by atoms with Crippen LogP contribution in [0.1, 0.15) is 61.9 Å². The Morgan fingerprint density at radius 3 is 2.39 bits per heavy atom. The van der Waals surface area contributed by atoms with Gasteiger partial charge in [-0.25, -0.2) is 4.79 Å². The van der Waals surface area contributed by atoms with Crippen molar-refractivity contribution >= 4 is 5.97 Å². The Kier molecular flexibility index (Phi) is 5.75. The van der Waals surface area contributed by atoms with Crippen molar-refractivity contribution in [1.29, 1.82) is 0 Å². The van der Waals surface area contributed by atoms with Gasteiger partial charge in [-0.1, -0.05) is 31.5 Å². The summed E-state index contributed by atoms with van der Waals surface area (Å²) in [6.45, 7) is 3.86. The summed E-state index contributed by atoms with van der Waals surface area (Å²) in [7, 11) is 0. The van der Waals surface area contributed by atoms with Gasteiger partial charge in [-0.2, -0.15) is 13.2 Å². The molecule has 2 aromatic carbocycles. The van der Waals surface area contributed by atoms with E-state index in [0.717, 1.165) is 31.4 Å². The number of fused-ring (bicyclic) bond motifs is 2. The molecular formula is C25H27F3O3. The molecule has 2 bridgehead atoms. The largest absolute Gasteiger partial charge is 0.487 e. The van der Waals surface area contributed by atoms with Crippen LogP contribution < -0.4 is 9.47 Å². The highest BCUT2D eigenvalue weighted by Crippen LogP contribution is 2.54. The van der Waals surface area contributed by atoms with Crippen molar-refractivity contribution < 1.29 is 27.4 Å². The second kappa shape index (κ2) is 8.21. The molecule has 0 radical (unpaired) electrons. The molecule has 2 aliphatic carbocycles. The van der Waals surface area contributed by atoms with Gasteiger partial charge >= 0.3 is 12.1 Å². The van der Waals surface area contributed by atoms with Crippen LogP contribution in [0.2, 0.25) is 0 Å². The Hall–Kier alpha value is -2.50. The molecule has 2 aromatic rings. The van der Waals surface area contributed by atoms with Gasteiger partial charge in [0.1, 0.15) is 17.1 Å². The Morgan fingerprint density at radius 1 is 1.06 bits per heavy atom. The van der Waals surface area contributed by atoms with E-state index in [1.807, 2.05) is 13.8 Å². The standard InChI is InChI=1S/C25H27F3O3/c1-3-24(2,21-14-16-9-10-17(21)13-16)31-22-15-18(11-12-20(22)25(26,27)28)23(29)30-19-7-5-4-6-8-19/h4-8,11-12,15-17,21H,3,9-10,13-14H2,1-2H3. The predicted octanol–water partition coefficient (Wildman–Crippen LogP) is 6.91. The fourth-order valence-corrected chi connectivity index (χ4v) is 5.28. The van der Waals surface area contributed by atoms with Gasteiger partial charge in [0.25, 0.3) is 0 Å². The van der Waals surface area contributed by atoms with Crippen LogP contribution in [0.3, 0.4) is 0 Å². The first kappa shape index (κ1) is 21.7. The van der Waals surface area contributed by atoms with Crippen molar-refractivity contribution in [3.63, 3.8) is 0 Å². The van der Waals surface area contributed by atoms with E-state index < -0.39 is 23.3 Å². The Labute approximate surface area is 180 Å². The average molecular weight is 432 g/mol. The molecule has 2 aliphatic rings. The van der Waals surface area contributed by atoms with Crippen LogP contribution in [-0.2, 0) is 6.18 Å². The lowest BCUT2D eigenvalue weighted by molar-refractivity contribution is -0.140. The molecule has 166 valence electrons. The molecule has 4 atom stereocenters. The van der Waals surface area contributed by atoms with E-state index in [4.69, 9.17) is 9.47 Å². The summed E-state index contributed by atoms with van der Waals surface area (Å²) in [5, 5.41) is 0. The number of hydrogen-bond acceptors (Lipinski definition) is 3. The van der Waals surface area contributed by atoms with Crippen LogP contribution >= 0.6 is 0 Å². The van der Waals surface area contributed by atoms with E-state index in [9.17, 15) is 18.0 Å². The average Bonchev–Trinajstić information content (AvgIpc) is 3.37.